The van der Waals surface area contributed by atoms with Crippen LogP contribution in [-0.2, 0) is 4.79 Å². The number of aromatic nitrogens is 2. The highest BCUT2D eigenvalue weighted by molar-refractivity contribution is 5.93. The summed E-state index contributed by atoms with van der Waals surface area (Å²) in [6.45, 7) is 1.49. The largest absolute Gasteiger partial charge is 0.493 e. The Morgan fingerprint density at radius 3 is 2.26 bits per heavy atom. The summed E-state index contributed by atoms with van der Waals surface area (Å²) in [6.07, 6.45) is 5.22. The quantitative estimate of drug-likeness (QED) is 0.652. The molecular formula is C24H26N4O3. The molecule has 3 aromatic rings. The van der Waals surface area contributed by atoms with Crippen molar-refractivity contribution in [2.75, 3.05) is 37.5 Å². The van der Waals surface area contributed by atoms with Crippen molar-refractivity contribution in [3.63, 3.8) is 0 Å². The fourth-order valence-electron chi connectivity index (χ4n) is 3.76. The number of amides is 1. The lowest BCUT2D eigenvalue weighted by Crippen LogP contribution is -2.39. The molecule has 1 N–H and O–H groups in total. The Labute approximate surface area is 182 Å². The molecule has 1 aliphatic rings. The molecule has 1 aromatic heterocycles. The number of carbonyl (C=O) groups excluding carboxylic acids is 1. The number of nitrogens with one attached hydrogen (secondary N) is 1. The number of nitrogens with zero attached hydrogens (tertiary/aromatic N) is 3. The first-order chi connectivity index (χ1) is 15.2. The third-order valence-electron chi connectivity index (χ3n) is 5.55. The van der Waals surface area contributed by atoms with Crippen LogP contribution in [0.25, 0.3) is 11.1 Å². The van der Waals surface area contributed by atoms with Crippen LogP contribution in [0, 0.1) is 5.92 Å². The van der Waals surface area contributed by atoms with Gasteiger partial charge in [-0.25, -0.2) is 9.97 Å². The summed E-state index contributed by atoms with van der Waals surface area (Å²) >= 11 is 0. The van der Waals surface area contributed by atoms with Crippen molar-refractivity contribution in [2.45, 2.75) is 12.8 Å². The van der Waals surface area contributed by atoms with Gasteiger partial charge in [-0.3, -0.25) is 4.79 Å². The zero-order chi connectivity index (χ0) is 21.6. The van der Waals surface area contributed by atoms with E-state index in [-0.39, 0.29) is 11.8 Å². The molecule has 2 heterocycles. The van der Waals surface area contributed by atoms with Gasteiger partial charge in [-0.15, -0.1) is 0 Å². The van der Waals surface area contributed by atoms with Crippen LogP contribution in [0.2, 0.25) is 0 Å². The molecule has 0 unspecified atom stereocenters. The van der Waals surface area contributed by atoms with E-state index in [0.717, 1.165) is 37.1 Å². The van der Waals surface area contributed by atoms with Crippen LogP contribution in [0.3, 0.4) is 0 Å². The minimum Gasteiger partial charge on any atom is -0.493 e. The molecule has 1 saturated heterocycles. The zero-order valence-electron chi connectivity index (χ0n) is 17.7. The minimum atomic E-state index is -0.0482. The number of hydrogen-bond donors (Lipinski definition) is 1. The molecule has 7 heteroatoms. The molecule has 1 fully saturated rings. The van der Waals surface area contributed by atoms with Crippen LogP contribution in [0.1, 0.15) is 12.8 Å². The van der Waals surface area contributed by atoms with Crippen molar-refractivity contribution in [3.05, 3.63) is 60.9 Å². The molecular weight excluding hydrogens is 392 g/mol. The average molecular weight is 418 g/mol. The zero-order valence-corrected chi connectivity index (χ0v) is 17.7. The van der Waals surface area contributed by atoms with Gasteiger partial charge in [0.2, 0.25) is 11.9 Å². The van der Waals surface area contributed by atoms with Gasteiger partial charge in [0.05, 0.1) is 14.2 Å². The van der Waals surface area contributed by atoms with E-state index in [1.807, 2.05) is 48.8 Å². The number of ether oxygens (including phenoxy) is 2. The maximum atomic E-state index is 12.7. The third kappa shape index (κ3) is 4.77. The molecule has 0 atom stereocenters. The smallest absolute Gasteiger partial charge is 0.227 e. The van der Waals surface area contributed by atoms with Crippen molar-refractivity contribution in [1.29, 1.82) is 0 Å². The molecule has 2 aromatic carbocycles. The Kier molecular flexibility index (Phi) is 6.31. The van der Waals surface area contributed by atoms with E-state index in [0.29, 0.717) is 23.1 Å². The van der Waals surface area contributed by atoms with E-state index in [9.17, 15) is 4.79 Å². The Bertz CT molecular complexity index is 1020. The van der Waals surface area contributed by atoms with E-state index in [1.165, 1.54) is 0 Å². The lowest BCUT2D eigenvalue weighted by atomic mass is 9.96. The predicted octanol–water partition coefficient (Wildman–Crippen LogP) is 4.02. The monoisotopic (exact) mass is 418 g/mol. The van der Waals surface area contributed by atoms with E-state index in [4.69, 9.17) is 9.47 Å². The summed E-state index contributed by atoms with van der Waals surface area (Å²) in [5.41, 5.74) is 2.79. The number of hydrogen-bond acceptors (Lipinski definition) is 6. The van der Waals surface area contributed by atoms with Gasteiger partial charge in [0, 0.05) is 48.7 Å². The predicted molar refractivity (Wildman–Crippen MR) is 121 cm³/mol. The molecule has 1 aliphatic heterocycles. The maximum absolute atomic E-state index is 12.7. The molecule has 7 nitrogen and oxygen atoms in total. The van der Waals surface area contributed by atoms with Crippen LogP contribution in [0.4, 0.5) is 11.6 Å². The summed E-state index contributed by atoms with van der Waals surface area (Å²) in [6, 6.07) is 15.5. The van der Waals surface area contributed by atoms with Gasteiger partial charge in [0.25, 0.3) is 0 Å². The standard InChI is InChI=1S/C24H26N4O3/c1-30-21-9-8-20(14-22(21)31-2)27-23(29)18-10-12-28(13-11-18)24-25-15-19(16-26-24)17-6-4-3-5-7-17/h3-9,14-16,18H,10-13H2,1-2H3,(H,27,29). The number of anilines is 2. The molecule has 4 rings (SSSR count). The lowest BCUT2D eigenvalue weighted by Gasteiger charge is -2.31. The van der Waals surface area contributed by atoms with Crippen LogP contribution in [-0.4, -0.2) is 43.2 Å². The summed E-state index contributed by atoms with van der Waals surface area (Å²) in [4.78, 5) is 23.9. The van der Waals surface area contributed by atoms with Gasteiger partial charge in [-0.2, -0.15) is 0 Å². The van der Waals surface area contributed by atoms with Crippen molar-refractivity contribution < 1.29 is 14.3 Å². The van der Waals surface area contributed by atoms with Gasteiger partial charge < -0.3 is 19.7 Å². The Hall–Kier alpha value is -3.61. The molecule has 160 valence electrons. The van der Waals surface area contributed by atoms with Crippen LogP contribution < -0.4 is 19.7 Å². The molecule has 0 spiro atoms. The number of methoxy groups -OCH3 is 2. The molecule has 0 aliphatic carbocycles. The second kappa shape index (κ2) is 9.47. The minimum absolute atomic E-state index is 0.0206. The highest BCUT2D eigenvalue weighted by atomic mass is 16.5. The topological polar surface area (TPSA) is 76.6 Å². The summed E-state index contributed by atoms with van der Waals surface area (Å²) in [5.74, 6) is 1.90. The van der Waals surface area contributed by atoms with Gasteiger partial charge in [-0.05, 0) is 30.5 Å². The number of benzene rings is 2. The van der Waals surface area contributed by atoms with Crippen molar-refractivity contribution >= 4 is 17.5 Å². The van der Waals surface area contributed by atoms with Gasteiger partial charge in [0.1, 0.15) is 0 Å². The molecule has 0 saturated carbocycles. The first-order valence-electron chi connectivity index (χ1n) is 10.3. The van der Waals surface area contributed by atoms with E-state index >= 15 is 0 Å². The second-order valence-corrected chi connectivity index (χ2v) is 7.46. The van der Waals surface area contributed by atoms with E-state index < -0.39 is 0 Å². The first-order valence-corrected chi connectivity index (χ1v) is 10.3. The molecule has 0 radical (unpaired) electrons. The lowest BCUT2D eigenvalue weighted by molar-refractivity contribution is -0.120. The number of piperidine rings is 1. The van der Waals surface area contributed by atoms with Crippen LogP contribution in [0.15, 0.2) is 60.9 Å². The Morgan fingerprint density at radius 1 is 0.935 bits per heavy atom. The maximum Gasteiger partial charge on any atom is 0.227 e. The molecule has 31 heavy (non-hydrogen) atoms. The number of rotatable bonds is 6. The van der Waals surface area contributed by atoms with E-state index in [2.05, 4.69) is 20.2 Å². The van der Waals surface area contributed by atoms with E-state index in [1.54, 1.807) is 26.4 Å². The fraction of sp³-hybridized carbons (Fsp3) is 0.292. The summed E-state index contributed by atoms with van der Waals surface area (Å²) in [5, 5.41) is 2.99. The van der Waals surface area contributed by atoms with Gasteiger partial charge in [0.15, 0.2) is 11.5 Å². The van der Waals surface area contributed by atoms with Crippen molar-refractivity contribution in [2.24, 2.45) is 5.92 Å². The Balaban J connectivity index is 1.33. The summed E-state index contributed by atoms with van der Waals surface area (Å²) in [7, 11) is 3.16. The average Bonchev–Trinajstić information content (AvgIpc) is 2.84. The highest BCUT2D eigenvalue weighted by Gasteiger charge is 2.26. The van der Waals surface area contributed by atoms with Crippen molar-refractivity contribution in [3.8, 4) is 22.6 Å². The van der Waals surface area contributed by atoms with Gasteiger partial charge in [-0.1, -0.05) is 30.3 Å². The highest BCUT2D eigenvalue weighted by Crippen LogP contribution is 2.30. The number of carbonyl (C=O) groups is 1. The third-order valence-corrected chi connectivity index (χ3v) is 5.55. The van der Waals surface area contributed by atoms with Crippen LogP contribution >= 0.6 is 0 Å². The SMILES string of the molecule is COc1ccc(NC(=O)C2CCN(c3ncc(-c4ccccc4)cn3)CC2)cc1OC. The second-order valence-electron chi connectivity index (χ2n) is 7.46. The summed E-state index contributed by atoms with van der Waals surface area (Å²) < 4.78 is 10.6. The normalized spacial score (nSPS) is 14.2. The Morgan fingerprint density at radius 2 is 1.61 bits per heavy atom. The first kappa shape index (κ1) is 20.7. The fourth-order valence-corrected chi connectivity index (χ4v) is 3.76. The van der Waals surface area contributed by atoms with Gasteiger partial charge >= 0.3 is 0 Å². The van der Waals surface area contributed by atoms with Crippen molar-refractivity contribution in [1.82, 2.24) is 9.97 Å². The van der Waals surface area contributed by atoms with Crippen LogP contribution in [0.5, 0.6) is 11.5 Å². The molecule has 0 bridgehead atoms. The molecule has 1 amide bonds.